The number of allylic oxidation sites excluding steroid dienone is 4. The van der Waals surface area contributed by atoms with Gasteiger partial charge in [0, 0.05) is 0 Å². The van der Waals surface area contributed by atoms with E-state index in [4.69, 9.17) is 5.73 Å². The molecule has 0 saturated carbocycles. The third-order valence-corrected chi connectivity index (χ3v) is 1.35. The van der Waals surface area contributed by atoms with Crippen LogP contribution in [-0.2, 0) is 0 Å². The second-order valence-corrected chi connectivity index (χ2v) is 2.18. The SMILES string of the molecule is C=C1C=CC=CC=CC1[NH-]. The van der Waals surface area contributed by atoms with Crippen LogP contribution < -0.4 is 0 Å². The number of rotatable bonds is 0. The van der Waals surface area contributed by atoms with Gasteiger partial charge >= 0.3 is 0 Å². The van der Waals surface area contributed by atoms with E-state index in [0.717, 1.165) is 5.57 Å². The summed E-state index contributed by atoms with van der Waals surface area (Å²) in [7, 11) is 0. The molecule has 0 amide bonds. The molecule has 0 heterocycles. The number of nitrogens with one attached hydrogen (secondary N) is 1. The van der Waals surface area contributed by atoms with Gasteiger partial charge in [-0.25, -0.2) is 0 Å². The summed E-state index contributed by atoms with van der Waals surface area (Å²) in [6.07, 6.45) is 11.3. The molecule has 10 heavy (non-hydrogen) atoms. The smallest absolute Gasteiger partial charge is 0.0608 e. The molecule has 1 nitrogen and oxygen atoms in total. The van der Waals surface area contributed by atoms with E-state index in [1.165, 1.54) is 0 Å². The molecule has 1 aliphatic rings. The summed E-state index contributed by atoms with van der Waals surface area (Å²) >= 11 is 0. The minimum Gasteiger partial charge on any atom is -0.668 e. The normalized spacial score (nSPS) is 24.5. The van der Waals surface area contributed by atoms with Crippen LogP contribution in [-0.4, -0.2) is 6.04 Å². The first-order chi connectivity index (χ1) is 4.80. The van der Waals surface area contributed by atoms with Crippen molar-refractivity contribution in [2.24, 2.45) is 0 Å². The highest BCUT2D eigenvalue weighted by Crippen LogP contribution is 2.08. The average molecular weight is 132 g/mol. The van der Waals surface area contributed by atoms with Gasteiger partial charge < -0.3 is 5.73 Å². The molecule has 1 atom stereocenters. The summed E-state index contributed by atoms with van der Waals surface area (Å²) in [5, 5.41) is 0. The summed E-state index contributed by atoms with van der Waals surface area (Å²) in [5.74, 6) is 0. The number of hydrogen-bond donors (Lipinski definition) is 0. The van der Waals surface area contributed by atoms with Crippen LogP contribution in [0.5, 0.6) is 0 Å². The van der Waals surface area contributed by atoms with Crippen LogP contribution in [0.3, 0.4) is 0 Å². The number of hydrogen-bond acceptors (Lipinski definition) is 0. The Hall–Kier alpha value is -1.08. The molecule has 1 heteroatoms. The molecule has 1 N–H and O–H groups in total. The Kier molecular flexibility index (Phi) is 2.24. The molecule has 0 saturated heterocycles. The first-order valence-corrected chi connectivity index (χ1v) is 3.22. The second kappa shape index (κ2) is 3.18. The Morgan fingerprint density at radius 3 is 2.70 bits per heavy atom. The molecule has 1 aliphatic carbocycles. The van der Waals surface area contributed by atoms with E-state index >= 15 is 0 Å². The first-order valence-electron chi connectivity index (χ1n) is 3.22. The fraction of sp³-hybridized carbons (Fsp3) is 0.111. The van der Waals surface area contributed by atoms with Crippen molar-refractivity contribution in [3.8, 4) is 0 Å². The van der Waals surface area contributed by atoms with Crippen molar-refractivity contribution in [2.45, 2.75) is 6.04 Å². The minimum atomic E-state index is -0.277. The zero-order valence-electron chi connectivity index (χ0n) is 5.75. The quantitative estimate of drug-likeness (QED) is 0.484. The Morgan fingerprint density at radius 2 is 1.90 bits per heavy atom. The lowest BCUT2D eigenvalue weighted by molar-refractivity contribution is 1.18. The van der Waals surface area contributed by atoms with Crippen LogP contribution in [0.4, 0.5) is 0 Å². The van der Waals surface area contributed by atoms with Gasteiger partial charge in [-0.3, -0.25) is 0 Å². The van der Waals surface area contributed by atoms with E-state index in [1.54, 1.807) is 0 Å². The Morgan fingerprint density at radius 1 is 1.20 bits per heavy atom. The zero-order chi connectivity index (χ0) is 7.40. The van der Waals surface area contributed by atoms with E-state index in [1.807, 2.05) is 36.5 Å². The predicted octanol–water partition coefficient (Wildman–Crippen LogP) is 2.65. The molecule has 0 aliphatic heterocycles. The standard InChI is InChI=1S/C9H10N/c1-8-6-4-2-3-5-7-9(8)10/h2-7,9-10H,1H2/q-1. The molecule has 1 unspecified atom stereocenters. The van der Waals surface area contributed by atoms with Gasteiger partial charge in [-0.05, 0) is 0 Å². The van der Waals surface area contributed by atoms with Crippen LogP contribution in [0, 0.1) is 0 Å². The van der Waals surface area contributed by atoms with E-state index in [2.05, 4.69) is 6.58 Å². The molecule has 0 fully saturated rings. The van der Waals surface area contributed by atoms with Gasteiger partial charge in [0.2, 0.25) is 0 Å². The van der Waals surface area contributed by atoms with Crippen LogP contribution in [0.15, 0.2) is 48.6 Å². The fourth-order valence-corrected chi connectivity index (χ4v) is 0.710. The van der Waals surface area contributed by atoms with Crippen molar-refractivity contribution in [1.29, 1.82) is 0 Å². The van der Waals surface area contributed by atoms with Crippen molar-refractivity contribution in [3.63, 3.8) is 0 Å². The highest BCUT2D eigenvalue weighted by atomic mass is 14.6. The van der Waals surface area contributed by atoms with Crippen molar-refractivity contribution >= 4 is 0 Å². The Labute approximate surface area is 61.2 Å². The minimum absolute atomic E-state index is 0.277. The van der Waals surface area contributed by atoms with E-state index in [0.29, 0.717) is 0 Å². The lowest BCUT2D eigenvalue weighted by Crippen LogP contribution is -1.97. The monoisotopic (exact) mass is 132 g/mol. The molecular weight excluding hydrogens is 122 g/mol. The van der Waals surface area contributed by atoms with Crippen molar-refractivity contribution in [1.82, 2.24) is 0 Å². The summed E-state index contributed by atoms with van der Waals surface area (Å²) < 4.78 is 0. The van der Waals surface area contributed by atoms with Crippen LogP contribution in [0.1, 0.15) is 0 Å². The van der Waals surface area contributed by atoms with Crippen molar-refractivity contribution in [2.75, 3.05) is 0 Å². The summed E-state index contributed by atoms with van der Waals surface area (Å²) in [6, 6.07) is -0.277. The van der Waals surface area contributed by atoms with Gasteiger partial charge in [-0.2, -0.15) is 0 Å². The van der Waals surface area contributed by atoms with Crippen LogP contribution in [0.2, 0.25) is 0 Å². The van der Waals surface area contributed by atoms with E-state index in [9.17, 15) is 0 Å². The van der Waals surface area contributed by atoms with Crippen molar-refractivity contribution < 1.29 is 0 Å². The lowest BCUT2D eigenvalue weighted by Gasteiger charge is -2.15. The fourth-order valence-electron chi connectivity index (χ4n) is 0.710. The van der Waals surface area contributed by atoms with Gasteiger partial charge in [0.25, 0.3) is 0 Å². The largest absolute Gasteiger partial charge is 0.668 e. The summed E-state index contributed by atoms with van der Waals surface area (Å²) in [4.78, 5) is 0. The maximum absolute atomic E-state index is 7.44. The molecule has 0 aromatic carbocycles. The molecule has 52 valence electrons. The summed E-state index contributed by atoms with van der Waals surface area (Å²) in [6.45, 7) is 3.74. The van der Waals surface area contributed by atoms with Gasteiger partial charge in [0.1, 0.15) is 0 Å². The van der Waals surface area contributed by atoms with Gasteiger partial charge in [-0.1, -0.05) is 54.7 Å². The maximum Gasteiger partial charge on any atom is -0.0608 e. The second-order valence-electron chi connectivity index (χ2n) is 2.18. The highest BCUT2D eigenvalue weighted by molar-refractivity contribution is 5.34. The molecule has 1 rings (SSSR count). The van der Waals surface area contributed by atoms with Crippen LogP contribution >= 0.6 is 0 Å². The van der Waals surface area contributed by atoms with Crippen LogP contribution in [0.25, 0.3) is 5.73 Å². The third-order valence-electron chi connectivity index (χ3n) is 1.35. The Balaban J connectivity index is 2.81. The maximum atomic E-state index is 7.44. The average Bonchev–Trinajstić information content (AvgIpc) is 1.92. The first kappa shape index (κ1) is 7.03. The third kappa shape index (κ3) is 1.71. The molecule has 0 radical (unpaired) electrons. The molecule has 0 spiro atoms. The molecule has 0 bridgehead atoms. The van der Waals surface area contributed by atoms with Gasteiger partial charge in [0.15, 0.2) is 0 Å². The summed E-state index contributed by atoms with van der Waals surface area (Å²) in [5.41, 5.74) is 8.28. The molecular formula is C9H10N-. The topological polar surface area (TPSA) is 23.8 Å². The molecule has 0 aromatic heterocycles. The van der Waals surface area contributed by atoms with E-state index < -0.39 is 0 Å². The zero-order valence-corrected chi connectivity index (χ0v) is 5.75. The lowest BCUT2D eigenvalue weighted by atomic mass is 10.1. The van der Waals surface area contributed by atoms with Gasteiger partial charge in [-0.15, -0.1) is 0 Å². The van der Waals surface area contributed by atoms with E-state index in [-0.39, 0.29) is 6.04 Å². The highest BCUT2D eigenvalue weighted by Gasteiger charge is 1.90. The van der Waals surface area contributed by atoms with Gasteiger partial charge in [0.05, 0.1) is 0 Å². The molecule has 0 aromatic rings. The Bertz CT molecular complexity index is 209. The predicted molar refractivity (Wildman–Crippen MR) is 44.7 cm³/mol. The van der Waals surface area contributed by atoms with Crippen molar-refractivity contribution in [3.05, 3.63) is 54.3 Å².